The number of carbonyl (C=O) groups excluding carboxylic acids is 1. The van der Waals surface area contributed by atoms with E-state index >= 15 is 0 Å². The van der Waals surface area contributed by atoms with E-state index in [1.54, 1.807) is 18.2 Å². The van der Waals surface area contributed by atoms with Gasteiger partial charge in [-0.25, -0.2) is 4.79 Å². The van der Waals surface area contributed by atoms with Crippen molar-refractivity contribution in [3.05, 3.63) is 29.8 Å². The summed E-state index contributed by atoms with van der Waals surface area (Å²) in [7, 11) is 0. The van der Waals surface area contributed by atoms with Gasteiger partial charge in [0.25, 0.3) is 0 Å². The summed E-state index contributed by atoms with van der Waals surface area (Å²) in [5.41, 5.74) is 1.03. The van der Waals surface area contributed by atoms with Crippen LogP contribution in [0.2, 0.25) is 0 Å². The van der Waals surface area contributed by atoms with Crippen molar-refractivity contribution in [2.24, 2.45) is 0 Å². The van der Waals surface area contributed by atoms with E-state index in [0.717, 1.165) is 18.7 Å². The normalized spacial score (nSPS) is 18.7. The molecule has 0 radical (unpaired) electrons. The number of hydrogen-bond donors (Lipinski definition) is 2. The van der Waals surface area contributed by atoms with Crippen LogP contribution >= 0.6 is 0 Å². The molecular formula is C13H16N2O3. The minimum Gasteiger partial charge on any atom is -0.478 e. The molecule has 1 aliphatic rings. The zero-order valence-electron chi connectivity index (χ0n) is 10.2. The number of carbonyl (C=O) groups is 2. The molecule has 0 aromatic heterocycles. The molecule has 1 fully saturated rings. The maximum atomic E-state index is 11.1. The van der Waals surface area contributed by atoms with Crippen molar-refractivity contribution < 1.29 is 14.7 Å². The molecule has 5 heteroatoms. The fraction of sp³-hybridized carbons (Fsp3) is 0.385. The molecule has 1 aromatic carbocycles. The van der Waals surface area contributed by atoms with Crippen molar-refractivity contribution >= 4 is 17.6 Å². The van der Waals surface area contributed by atoms with Gasteiger partial charge in [0.1, 0.15) is 0 Å². The van der Waals surface area contributed by atoms with Gasteiger partial charge in [-0.3, -0.25) is 4.79 Å². The summed E-state index contributed by atoms with van der Waals surface area (Å²) < 4.78 is 0. The molecule has 1 aliphatic heterocycles. The number of carboxylic acids is 1. The lowest BCUT2D eigenvalue weighted by Crippen LogP contribution is -2.35. The SMILES string of the molecule is CC(=O)NC1CCN(c2ccccc2C(=O)O)C1. The second-order valence-electron chi connectivity index (χ2n) is 4.45. The molecule has 0 spiro atoms. The standard InChI is InChI=1S/C13H16N2O3/c1-9(16)14-10-6-7-15(8-10)12-5-3-2-4-11(12)13(17)18/h2-5,10H,6-8H2,1H3,(H,14,16)(H,17,18). The van der Waals surface area contributed by atoms with Gasteiger partial charge in [0.2, 0.25) is 5.91 Å². The van der Waals surface area contributed by atoms with Gasteiger partial charge < -0.3 is 15.3 Å². The predicted molar refractivity (Wildman–Crippen MR) is 67.8 cm³/mol. The fourth-order valence-corrected chi connectivity index (χ4v) is 2.31. The summed E-state index contributed by atoms with van der Waals surface area (Å²) in [4.78, 5) is 24.1. The molecule has 5 nitrogen and oxygen atoms in total. The molecule has 96 valence electrons. The first kappa shape index (κ1) is 12.4. The molecule has 1 amide bonds. The average Bonchev–Trinajstić information content (AvgIpc) is 2.76. The van der Waals surface area contributed by atoms with E-state index in [-0.39, 0.29) is 11.9 Å². The molecule has 2 rings (SSSR count). The maximum absolute atomic E-state index is 11.1. The Bertz CT molecular complexity index is 473. The van der Waals surface area contributed by atoms with Crippen LogP contribution in [0.4, 0.5) is 5.69 Å². The zero-order chi connectivity index (χ0) is 13.1. The van der Waals surface area contributed by atoms with Gasteiger partial charge in [0.15, 0.2) is 0 Å². The summed E-state index contributed by atoms with van der Waals surface area (Å²) in [6.07, 6.45) is 0.841. The van der Waals surface area contributed by atoms with Crippen LogP contribution in [0.1, 0.15) is 23.7 Å². The Labute approximate surface area is 105 Å². The Balaban J connectivity index is 2.14. The van der Waals surface area contributed by atoms with Gasteiger partial charge in [-0.15, -0.1) is 0 Å². The number of nitrogens with zero attached hydrogens (tertiary/aromatic N) is 1. The van der Waals surface area contributed by atoms with Gasteiger partial charge in [0.05, 0.1) is 11.3 Å². The average molecular weight is 248 g/mol. The van der Waals surface area contributed by atoms with Gasteiger partial charge in [-0.2, -0.15) is 0 Å². The Morgan fingerprint density at radius 1 is 1.39 bits per heavy atom. The van der Waals surface area contributed by atoms with E-state index in [1.165, 1.54) is 6.92 Å². The van der Waals surface area contributed by atoms with Crippen molar-refractivity contribution in [3.63, 3.8) is 0 Å². The second-order valence-corrected chi connectivity index (χ2v) is 4.45. The fourth-order valence-electron chi connectivity index (χ4n) is 2.31. The lowest BCUT2D eigenvalue weighted by atomic mass is 10.1. The molecule has 1 aromatic rings. The summed E-state index contributed by atoms with van der Waals surface area (Å²) in [6, 6.07) is 7.05. The van der Waals surface area contributed by atoms with E-state index in [1.807, 2.05) is 11.0 Å². The molecule has 0 saturated carbocycles. The Kier molecular flexibility index (Phi) is 3.50. The van der Waals surface area contributed by atoms with E-state index in [2.05, 4.69) is 5.32 Å². The monoisotopic (exact) mass is 248 g/mol. The molecule has 1 atom stereocenters. The summed E-state index contributed by atoms with van der Waals surface area (Å²) in [5, 5.41) is 12.0. The number of anilines is 1. The Morgan fingerprint density at radius 3 is 2.78 bits per heavy atom. The lowest BCUT2D eigenvalue weighted by Gasteiger charge is -2.20. The third-order valence-electron chi connectivity index (χ3n) is 3.07. The highest BCUT2D eigenvalue weighted by atomic mass is 16.4. The summed E-state index contributed by atoms with van der Waals surface area (Å²) >= 11 is 0. The Hall–Kier alpha value is -2.04. The first-order chi connectivity index (χ1) is 8.58. The number of nitrogens with one attached hydrogen (secondary N) is 1. The molecule has 1 heterocycles. The lowest BCUT2D eigenvalue weighted by molar-refractivity contribution is -0.119. The number of carboxylic acid groups (broad SMARTS) is 1. The van der Waals surface area contributed by atoms with E-state index in [9.17, 15) is 9.59 Å². The molecule has 18 heavy (non-hydrogen) atoms. The van der Waals surface area contributed by atoms with E-state index < -0.39 is 5.97 Å². The van der Waals surface area contributed by atoms with Crippen molar-refractivity contribution in [2.75, 3.05) is 18.0 Å². The Morgan fingerprint density at radius 2 is 2.11 bits per heavy atom. The second kappa shape index (κ2) is 5.08. The van der Waals surface area contributed by atoms with Crippen LogP contribution in [0.15, 0.2) is 24.3 Å². The zero-order valence-corrected chi connectivity index (χ0v) is 10.2. The highest BCUT2D eigenvalue weighted by molar-refractivity contribution is 5.94. The smallest absolute Gasteiger partial charge is 0.337 e. The summed E-state index contributed by atoms with van der Waals surface area (Å²) in [6.45, 7) is 2.91. The number of aromatic carboxylic acids is 1. The molecular weight excluding hydrogens is 232 g/mol. The summed E-state index contributed by atoms with van der Waals surface area (Å²) in [5.74, 6) is -0.970. The first-order valence-electron chi connectivity index (χ1n) is 5.92. The quantitative estimate of drug-likeness (QED) is 0.840. The molecule has 0 aliphatic carbocycles. The van der Waals surface area contributed by atoms with Crippen LogP contribution < -0.4 is 10.2 Å². The van der Waals surface area contributed by atoms with Crippen molar-refractivity contribution in [1.29, 1.82) is 0 Å². The third kappa shape index (κ3) is 2.61. The number of rotatable bonds is 3. The van der Waals surface area contributed by atoms with Gasteiger partial charge >= 0.3 is 5.97 Å². The van der Waals surface area contributed by atoms with Gasteiger partial charge in [-0.05, 0) is 18.6 Å². The largest absolute Gasteiger partial charge is 0.478 e. The maximum Gasteiger partial charge on any atom is 0.337 e. The van der Waals surface area contributed by atoms with Crippen LogP contribution in [0.5, 0.6) is 0 Å². The molecule has 2 N–H and O–H groups in total. The van der Waals surface area contributed by atoms with Gasteiger partial charge in [-0.1, -0.05) is 12.1 Å². The van der Waals surface area contributed by atoms with E-state index in [0.29, 0.717) is 12.1 Å². The molecule has 1 saturated heterocycles. The van der Waals surface area contributed by atoms with Crippen molar-refractivity contribution in [2.45, 2.75) is 19.4 Å². The highest BCUT2D eigenvalue weighted by Crippen LogP contribution is 2.24. The number of benzene rings is 1. The van der Waals surface area contributed by atoms with Crippen molar-refractivity contribution in [1.82, 2.24) is 5.32 Å². The third-order valence-corrected chi connectivity index (χ3v) is 3.07. The minimum atomic E-state index is -0.923. The number of hydrogen-bond acceptors (Lipinski definition) is 3. The van der Waals surface area contributed by atoms with Crippen LogP contribution in [0, 0.1) is 0 Å². The van der Waals surface area contributed by atoms with Crippen LogP contribution in [-0.2, 0) is 4.79 Å². The van der Waals surface area contributed by atoms with E-state index in [4.69, 9.17) is 5.11 Å². The minimum absolute atomic E-state index is 0.0478. The number of para-hydroxylation sites is 1. The number of amides is 1. The molecule has 0 bridgehead atoms. The van der Waals surface area contributed by atoms with Crippen molar-refractivity contribution in [3.8, 4) is 0 Å². The van der Waals surface area contributed by atoms with Crippen LogP contribution in [0.3, 0.4) is 0 Å². The highest BCUT2D eigenvalue weighted by Gasteiger charge is 2.25. The first-order valence-corrected chi connectivity index (χ1v) is 5.92. The van der Waals surface area contributed by atoms with Crippen LogP contribution in [-0.4, -0.2) is 36.1 Å². The van der Waals surface area contributed by atoms with Gasteiger partial charge in [0, 0.05) is 26.1 Å². The predicted octanol–water partition coefficient (Wildman–Crippen LogP) is 1.10. The van der Waals surface area contributed by atoms with Crippen LogP contribution in [0.25, 0.3) is 0 Å². The topological polar surface area (TPSA) is 69.6 Å². The molecule has 1 unspecified atom stereocenters.